The van der Waals surface area contributed by atoms with Crippen molar-refractivity contribution in [2.24, 2.45) is 0 Å². The molecular weight excluding hydrogens is 418 g/mol. The molecule has 33 heavy (non-hydrogen) atoms. The summed E-state index contributed by atoms with van der Waals surface area (Å²) in [5.41, 5.74) is 2.64. The van der Waals surface area contributed by atoms with Gasteiger partial charge in [0.15, 0.2) is 5.65 Å². The topological polar surface area (TPSA) is 91.6 Å². The third-order valence-electron chi connectivity index (χ3n) is 5.89. The van der Waals surface area contributed by atoms with Crippen LogP contribution in [-0.2, 0) is 6.54 Å². The molecule has 0 bridgehead atoms. The Morgan fingerprint density at radius 1 is 0.848 bits per heavy atom. The van der Waals surface area contributed by atoms with E-state index in [0.29, 0.717) is 38.3 Å². The molecule has 166 valence electrons. The predicted molar refractivity (Wildman–Crippen MR) is 123 cm³/mol. The molecule has 3 heterocycles. The highest BCUT2D eigenvalue weighted by molar-refractivity contribution is 5.98. The third kappa shape index (κ3) is 4.15. The van der Waals surface area contributed by atoms with Crippen molar-refractivity contribution in [3.8, 4) is 5.75 Å². The minimum absolute atomic E-state index is 0.0341. The van der Waals surface area contributed by atoms with Crippen molar-refractivity contribution >= 4 is 22.8 Å². The van der Waals surface area contributed by atoms with Gasteiger partial charge in [-0.3, -0.25) is 9.59 Å². The van der Waals surface area contributed by atoms with Crippen molar-refractivity contribution in [1.82, 2.24) is 24.6 Å². The van der Waals surface area contributed by atoms with Crippen LogP contribution in [0.1, 0.15) is 26.3 Å². The van der Waals surface area contributed by atoms with Gasteiger partial charge < -0.3 is 14.9 Å². The van der Waals surface area contributed by atoms with Gasteiger partial charge in [0.2, 0.25) is 0 Å². The number of hydrogen-bond acceptors (Lipinski definition) is 5. The zero-order valence-corrected chi connectivity index (χ0v) is 18.0. The normalized spacial score (nSPS) is 13.9. The lowest BCUT2D eigenvalue weighted by Gasteiger charge is -2.34. The molecule has 1 aliphatic rings. The van der Waals surface area contributed by atoms with Gasteiger partial charge in [-0.05, 0) is 23.8 Å². The number of carbonyl (C=O) groups is 2. The number of hydrogen-bond donors (Lipinski definition) is 1. The highest BCUT2D eigenvalue weighted by Crippen LogP contribution is 2.20. The van der Waals surface area contributed by atoms with Gasteiger partial charge in [-0.25, -0.2) is 9.67 Å². The van der Waals surface area contributed by atoms with Crippen LogP contribution >= 0.6 is 0 Å². The number of rotatable bonds is 4. The highest BCUT2D eigenvalue weighted by Gasteiger charge is 2.27. The number of aromatic hydroxyl groups is 1. The SMILES string of the molecule is O=C(c1cnc2c(cnn2Cc2ccccc2)c1)N1CCN(C(=O)c2ccccc2O)CC1. The zero-order valence-electron chi connectivity index (χ0n) is 18.0. The lowest BCUT2D eigenvalue weighted by Crippen LogP contribution is -2.50. The predicted octanol–water partition coefficient (Wildman–Crippen LogP) is 2.78. The van der Waals surface area contributed by atoms with Crippen LogP contribution in [0, 0.1) is 0 Å². The Morgan fingerprint density at radius 2 is 1.52 bits per heavy atom. The van der Waals surface area contributed by atoms with Crippen LogP contribution < -0.4 is 0 Å². The number of phenolic OH excluding ortho intramolecular Hbond substituents is 1. The number of aromatic nitrogens is 3. The average molecular weight is 441 g/mol. The van der Waals surface area contributed by atoms with Crippen molar-refractivity contribution < 1.29 is 14.7 Å². The Kier molecular flexibility index (Phi) is 5.48. The van der Waals surface area contributed by atoms with Gasteiger partial charge in [0.1, 0.15) is 5.75 Å². The second kappa shape index (κ2) is 8.74. The first kappa shape index (κ1) is 20.7. The maximum atomic E-state index is 13.1. The van der Waals surface area contributed by atoms with E-state index < -0.39 is 0 Å². The number of benzene rings is 2. The van der Waals surface area contributed by atoms with Crippen LogP contribution in [-0.4, -0.2) is 67.7 Å². The summed E-state index contributed by atoms with van der Waals surface area (Å²) in [7, 11) is 0. The van der Waals surface area contributed by atoms with Crippen molar-refractivity contribution in [3.05, 3.63) is 89.7 Å². The van der Waals surface area contributed by atoms with E-state index in [9.17, 15) is 14.7 Å². The van der Waals surface area contributed by atoms with Crippen LogP contribution in [0.2, 0.25) is 0 Å². The molecule has 1 saturated heterocycles. The number of piperazine rings is 1. The minimum Gasteiger partial charge on any atom is -0.507 e. The fourth-order valence-electron chi connectivity index (χ4n) is 4.08. The fourth-order valence-corrected chi connectivity index (χ4v) is 4.08. The largest absolute Gasteiger partial charge is 0.507 e. The zero-order chi connectivity index (χ0) is 22.8. The van der Waals surface area contributed by atoms with Crippen molar-refractivity contribution in [1.29, 1.82) is 0 Å². The molecule has 2 amide bonds. The number of nitrogens with zero attached hydrogens (tertiary/aromatic N) is 5. The van der Waals surface area contributed by atoms with Crippen LogP contribution in [0.4, 0.5) is 0 Å². The van der Waals surface area contributed by atoms with E-state index in [0.717, 1.165) is 16.6 Å². The van der Waals surface area contributed by atoms with Crippen LogP contribution in [0.15, 0.2) is 73.1 Å². The molecule has 5 rings (SSSR count). The summed E-state index contributed by atoms with van der Waals surface area (Å²) in [5, 5.41) is 15.2. The van der Waals surface area contributed by atoms with Crippen molar-refractivity contribution in [2.45, 2.75) is 6.54 Å². The van der Waals surface area contributed by atoms with Crippen LogP contribution in [0.25, 0.3) is 11.0 Å². The maximum Gasteiger partial charge on any atom is 0.257 e. The van der Waals surface area contributed by atoms with Gasteiger partial charge in [-0.15, -0.1) is 0 Å². The molecule has 0 atom stereocenters. The summed E-state index contributed by atoms with van der Waals surface area (Å²) in [6.07, 6.45) is 3.32. The molecule has 1 aliphatic heterocycles. The van der Waals surface area contributed by atoms with Gasteiger partial charge >= 0.3 is 0 Å². The number of phenols is 1. The van der Waals surface area contributed by atoms with E-state index in [4.69, 9.17) is 0 Å². The van der Waals surface area contributed by atoms with Crippen LogP contribution in [0.3, 0.4) is 0 Å². The molecule has 2 aromatic heterocycles. The van der Waals surface area contributed by atoms with E-state index in [1.807, 2.05) is 41.1 Å². The first-order valence-corrected chi connectivity index (χ1v) is 10.8. The maximum absolute atomic E-state index is 13.1. The van der Waals surface area contributed by atoms with Crippen molar-refractivity contribution in [2.75, 3.05) is 26.2 Å². The smallest absolute Gasteiger partial charge is 0.257 e. The van der Waals surface area contributed by atoms with E-state index in [1.54, 1.807) is 40.4 Å². The molecule has 2 aromatic carbocycles. The third-order valence-corrected chi connectivity index (χ3v) is 5.89. The molecule has 0 aliphatic carbocycles. The molecule has 1 N–H and O–H groups in total. The van der Waals surface area contributed by atoms with Crippen LogP contribution in [0.5, 0.6) is 5.75 Å². The average Bonchev–Trinajstić information content (AvgIpc) is 3.26. The van der Waals surface area contributed by atoms with E-state index in [1.165, 1.54) is 6.07 Å². The second-order valence-corrected chi connectivity index (χ2v) is 8.03. The molecule has 0 saturated carbocycles. The molecule has 4 aromatic rings. The molecule has 8 heteroatoms. The Bertz CT molecular complexity index is 1310. The van der Waals surface area contributed by atoms with Gasteiger partial charge in [0.25, 0.3) is 11.8 Å². The first-order chi connectivity index (χ1) is 16.1. The lowest BCUT2D eigenvalue weighted by atomic mass is 10.1. The minimum atomic E-state index is -0.228. The second-order valence-electron chi connectivity index (χ2n) is 8.03. The summed E-state index contributed by atoms with van der Waals surface area (Å²) in [5.74, 6) is -0.378. The van der Waals surface area contributed by atoms with Crippen molar-refractivity contribution in [3.63, 3.8) is 0 Å². The van der Waals surface area contributed by atoms with Gasteiger partial charge in [0, 0.05) is 37.8 Å². The Labute approximate surface area is 190 Å². The van der Waals surface area contributed by atoms with Gasteiger partial charge in [0.05, 0.1) is 23.9 Å². The number of fused-ring (bicyclic) bond motifs is 1. The van der Waals surface area contributed by atoms with Gasteiger partial charge in [-0.1, -0.05) is 42.5 Å². The lowest BCUT2D eigenvalue weighted by molar-refractivity contribution is 0.0533. The summed E-state index contributed by atoms with van der Waals surface area (Å²) in [6, 6.07) is 18.3. The van der Waals surface area contributed by atoms with E-state index in [-0.39, 0.29) is 23.1 Å². The Morgan fingerprint density at radius 3 is 2.24 bits per heavy atom. The Balaban J connectivity index is 1.26. The number of para-hydroxylation sites is 1. The monoisotopic (exact) mass is 441 g/mol. The summed E-state index contributed by atoms with van der Waals surface area (Å²) >= 11 is 0. The number of carbonyl (C=O) groups excluding carboxylic acids is 2. The molecular formula is C25H23N5O3. The molecule has 1 fully saturated rings. The number of amides is 2. The molecule has 8 nitrogen and oxygen atoms in total. The quantitative estimate of drug-likeness (QED) is 0.526. The van der Waals surface area contributed by atoms with E-state index in [2.05, 4.69) is 10.1 Å². The highest BCUT2D eigenvalue weighted by atomic mass is 16.3. The summed E-state index contributed by atoms with van der Waals surface area (Å²) in [6.45, 7) is 2.26. The fraction of sp³-hybridized carbons (Fsp3) is 0.200. The molecule has 0 spiro atoms. The van der Waals surface area contributed by atoms with E-state index >= 15 is 0 Å². The Hall–Kier alpha value is -4.20. The first-order valence-electron chi connectivity index (χ1n) is 10.8. The van der Waals surface area contributed by atoms with Gasteiger partial charge in [-0.2, -0.15) is 5.10 Å². The summed E-state index contributed by atoms with van der Waals surface area (Å²) in [4.78, 5) is 33.6. The summed E-state index contributed by atoms with van der Waals surface area (Å²) < 4.78 is 1.82. The molecule has 0 unspecified atom stereocenters. The number of pyridine rings is 1. The molecule has 0 radical (unpaired) electrons. The standard InChI is InChI=1S/C25H23N5O3/c31-22-9-5-4-8-21(22)25(33)29-12-10-28(11-13-29)24(32)20-14-19-16-27-30(23(19)26-15-20)17-18-6-2-1-3-7-18/h1-9,14-16,31H,10-13,17H2.